The molecule has 0 aromatic heterocycles. The summed E-state index contributed by atoms with van der Waals surface area (Å²) in [6.45, 7) is 1.88. The fraction of sp³-hybridized carbons (Fsp3) is 0.435. The first-order valence-electron chi connectivity index (χ1n) is 10.2. The summed E-state index contributed by atoms with van der Waals surface area (Å²) in [5.41, 5.74) is 5.11. The number of anilines is 1. The van der Waals surface area contributed by atoms with E-state index in [1.807, 2.05) is 0 Å². The first kappa shape index (κ1) is 19.4. The van der Waals surface area contributed by atoms with Crippen LogP contribution in [0.1, 0.15) is 42.0 Å². The molecule has 0 radical (unpaired) electrons. The molecule has 2 atom stereocenters. The van der Waals surface area contributed by atoms with Gasteiger partial charge < -0.3 is 20.3 Å². The monoisotopic (exact) mass is 395 g/mol. The lowest BCUT2D eigenvalue weighted by Crippen LogP contribution is -2.45. The summed E-state index contributed by atoms with van der Waals surface area (Å²) in [4.78, 5) is 3.11. The molecule has 28 heavy (non-hydrogen) atoms. The van der Waals surface area contributed by atoms with Crippen LogP contribution in [0.4, 0.5) is 5.69 Å². The van der Waals surface area contributed by atoms with Gasteiger partial charge in [0.2, 0.25) is 0 Å². The first-order chi connectivity index (χ1) is 13.7. The number of methoxy groups -OCH3 is 1. The van der Waals surface area contributed by atoms with Crippen molar-refractivity contribution in [2.24, 2.45) is 0 Å². The van der Waals surface area contributed by atoms with E-state index in [0.29, 0.717) is 12.1 Å². The molecular weight excluding hydrogens is 366 g/mol. The number of hydrogen-bond donors (Lipinski definition) is 2. The molecule has 4 nitrogen and oxygen atoms in total. The predicted molar refractivity (Wildman–Crippen MR) is 119 cm³/mol. The fourth-order valence-corrected chi connectivity index (χ4v) is 4.61. The Morgan fingerprint density at radius 3 is 2.82 bits per heavy atom. The SMILES string of the molecule is COc1cc2c(cc1CN[C@H]1CCCN[C@H]1c1ccccc1)CCC(=S)N2C. The summed E-state index contributed by atoms with van der Waals surface area (Å²) in [7, 11) is 3.80. The number of thiocarbonyl (C=S) groups is 1. The van der Waals surface area contributed by atoms with Crippen molar-refractivity contribution < 1.29 is 4.74 Å². The summed E-state index contributed by atoms with van der Waals surface area (Å²) in [6.07, 6.45) is 4.33. The highest BCUT2D eigenvalue weighted by Crippen LogP contribution is 2.34. The third-order valence-electron chi connectivity index (χ3n) is 6.00. The van der Waals surface area contributed by atoms with Crippen LogP contribution in [0, 0.1) is 0 Å². The molecule has 1 fully saturated rings. The summed E-state index contributed by atoms with van der Waals surface area (Å²) in [6, 6.07) is 16.0. The Morgan fingerprint density at radius 1 is 1.21 bits per heavy atom. The summed E-state index contributed by atoms with van der Waals surface area (Å²) in [5, 5.41) is 7.50. The smallest absolute Gasteiger partial charge is 0.125 e. The van der Waals surface area contributed by atoms with Crippen LogP contribution in [-0.4, -0.2) is 31.7 Å². The molecule has 0 aliphatic carbocycles. The Kier molecular flexibility index (Phi) is 5.95. The number of nitrogens with zero attached hydrogens (tertiary/aromatic N) is 1. The molecule has 2 aliphatic heterocycles. The van der Waals surface area contributed by atoms with Gasteiger partial charge >= 0.3 is 0 Å². The minimum atomic E-state index is 0.349. The van der Waals surface area contributed by atoms with E-state index >= 15 is 0 Å². The molecule has 4 rings (SSSR count). The normalized spacial score (nSPS) is 22.1. The topological polar surface area (TPSA) is 36.5 Å². The third-order valence-corrected chi connectivity index (χ3v) is 6.48. The molecule has 2 N–H and O–H groups in total. The van der Waals surface area contributed by atoms with E-state index in [1.54, 1.807) is 7.11 Å². The van der Waals surface area contributed by atoms with Crippen LogP contribution >= 0.6 is 12.2 Å². The maximum absolute atomic E-state index is 5.72. The molecule has 2 heterocycles. The molecule has 2 aliphatic rings. The van der Waals surface area contributed by atoms with Gasteiger partial charge in [0.1, 0.15) is 5.75 Å². The molecule has 2 aromatic carbocycles. The van der Waals surface area contributed by atoms with E-state index in [1.165, 1.54) is 35.2 Å². The second-order valence-corrected chi connectivity index (χ2v) is 8.19. The maximum Gasteiger partial charge on any atom is 0.125 e. The quantitative estimate of drug-likeness (QED) is 0.749. The van der Waals surface area contributed by atoms with Crippen molar-refractivity contribution in [2.75, 3.05) is 25.6 Å². The van der Waals surface area contributed by atoms with Crippen LogP contribution in [0.5, 0.6) is 5.75 Å². The first-order valence-corrected chi connectivity index (χ1v) is 10.6. The number of ether oxygens (including phenoxy) is 1. The van der Waals surface area contributed by atoms with Crippen molar-refractivity contribution in [1.82, 2.24) is 10.6 Å². The highest BCUT2D eigenvalue weighted by molar-refractivity contribution is 7.80. The zero-order valence-electron chi connectivity index (χ0n) is 16.7. The number of hydrogen-bond acceptors (Lipinski definition) is 4. The predicted octanol–water partition coefficient (Wildman–Crippen LogP) is 3.99. The number of aryl methyl sites for hydroxylation is 1. The van der Waals surface area contributed by atoms with Gasteiger partial charge in [0.25, 0.3) is 0 Å². The van der Waals surface area contributed by atoms with E-state index in [2.05, 4.69) is 65.0 Å². The molecule has 0 bridgehead atoms. The van der Waals surface area contributed by atoms with Crippen molar-refractivity contribution >= 4 is 22.9 Å². The van der Waals surface area contributed by atoms with Gasteiger partial charge in [0, 0.05) is 49.4 Å². The number of nitrogens with one attached hydrogen (secondary N) is 2. The Balaban J connectivity index is 1.53. The number of fused-ring (bicyclic) bond motifs is 1. The van der Waals surface area contributed by atoms with Crippen molar-refractivity contribution in [2.45, 2.75) is 44.3 Å². The van der Waals surface area contributed by atoms with Crippen molar-refractivity contribution in [3.8, 4) is 5.75 Å². The molecule has 0 amide bonds. The highest BCUT2D eigenvalue weighted by Gasteiger charge is 2.26. The molecule has 0 spiro atoms. The van der Waals surface area contributed by atoms with Gasteiger partial charge in [-0.15, -0.1) is 0 Å². The standard InChI is InChI=1S/C23H29N3OS/c1-26-20-14-21(27-2)18(13-17(20)10-11-22(26)28)15-25-19-9-6-12-24-23(19)16-7-4-3-5-8-16/h3-5,7-8,13-14,19,23-25H,6,9-12,15H2,1-2H3/t19-,23-/m0/s1. The zero-order chi connectivity index (χ0) is 19.5. The second kappa shape index (κ2) is 8.60. The lowest BCUT2D eigenvalue weighted by atomic mass is 9.92. The maximum atomic E-state index is 5.72. The molecule has 148 valence electrons. The minimum Gasteiger partial charge on any atom is -0.496 e. The highest BCUT2D eigenvalue weighted by atomic mass is 32.1. The average Bonchev–Trinajstić information content (AvgIpc) is 2.75. The van der Waals surface area contributed by atoms with Gasteiger partial charge in [-0.2, -0.15) is 0 Å². The second-order valence-electron chi connectivity index (χ2n) is 7.72. The summed E-state index contributed by atoms with van der Waals surface area (Å²) in [5.74, 6) is 0.933. The van der Waals surface area contributed by atoms with E-state index in [-0.39, 0.29) is 0 Å². The lowest BCUT2D eigenvalue weighted by molar-refractivity contribution is 0.303. The van der Waals surface area contributed by atoms with Crippen molar-refractivity contribution in [3.05, 3.63) is 59.2 Å². The fourth-order valence-electron chi connectivity index (χ4n) is 4.41. The van der Waals surface area contributed by atoms with Crippen LogP contribution in [0.3, 0.4) is 0 Å². The van der Waals surface area contributed by atoms with Crippen LogP contribution in [0.15, 0.2) is 42.5 Å². The summed E-state index contributed by atoms with van der Waals surface area (Å²) >= 11 is 5.48. The molecular formula is C23H29N3OS. The number of rotatable bonds is 5. The van der Waals surface area contributed by atoms with E-state index in [0.717, 1.165) is 36.7 Å². The van der Waals surface area contributed by atoms with Crippen LogP contribution in [-0.2, 0) is 13.0 Å². The van der Waals surface area contributed by atoms with Gasteiger partial charge in [-0.1, -0.05) is 42.5 Å². The minimum absolute atomic E-state index is 0.349. The van der Waals surface area contributed by atoms with Crippen LogP contribution < -0.4 is 20.3 Å². The molecule has 0 unspecified atom stereocenters. The third kappa shape index (κ3) is 3.93. The van der Waals surface area contributed by atoms with Gasteiger partial charge in [-0.25, -0.2) is 0 Å². The number of piperidine rings is 1. The van der Waals surface area contributed by atoms with Crippen LogP contribution in [0.25, 0.3) is 0 Å². The van der Waals surface area contributed by atoms with E-state index in [9.17, 15) is 0 Å². The van der Waals surface area contributed by atoms with Gasteiger partial charge in [-0.05, 0) is 43.0 Å². The average molecular weight is 396 g/mol. The Bertz CT molecular complexity index is 839. The molecule has 0 saturated carbocycles. The number of benzene rings is 2. The molecule has 2 aromatic rings. The van der Waals surface area contributed by atoms with E-state index in [4.69, 9.17) is 17.0 Å². The zero-order valence-corrected chi connectivity index (χ0v) is 17.5. The van der Waals surface area contributed by atoms with E-state index < -0.39 is 0 Å². The Morgan fingerprint density at radius 2 is 2.04 bits per heavy atom. The van der Waals surface area contributed by atoms with Crippen molar-refractivity contribution in [3.63, 3.8) is 0 Å². The van der Waals surface area contributed by atoms with Gasteiger partial charge in [0.05, 0.1) is 12.1 Å². The van der Waals surface area contributed by atoms with Crippen molar-refractivity contribution in [1.29, 1.82) is 0 Å². The Labute approximate surface area is 173 Å². The van der Waals surface area contributed by atoms with Gasteiger partial charge in [0.15, 0.2) is 0 Å². The Hall–Kier alpha value is -1.95. The molecule has 1 saturated heterocycles. The molecule has 5 heteroatoms. The summed E-state index contributed by atoms with van der Waals surface area (Å²) < 4.78 is 5.72. The largest absolute Gasteiger partial charge is 0.496 e. The lowest BCUT2D eigenvalue weighted by Gasteiger charge is -2.34. The van der Waals surface area contributed by atoms with Gasteiger partial charge in [-0.3, -0.25) is 0 Å². The van der Waals surface area contributed by atoms with Crippen LogP contribution in [0.2, 0.25) is 0 Å².